The Morgan fingerprint density at radius 2 is 1.67 bits per heavy atom. The number of hydrogen-bond donors (Lipinski definition) is 0. The van der Waals surface area contributed by atoms with Crippen LogP contribution in [0.2, 0.25) is 0 Å². The van der Waals surface area contributed by atoms with E-state index in [0.29, 0.717) is 5.92 Å². The van der Waals surface area contributed by atoms with Gasteiger partial charge in [-0.25, -0.2) is 9.67 Å². The highest BCUT2D eigenvalue weighted by atomic mass is 15.3. The zero-order chi connectivity index (χ0) is 22.8. The first-order valence-electron chi connectivity index (χ1n) is 12.2. The van der Waals surface area contributed by atoms with Gasteiger partial charge in [-0.05, 0) is 55.4 Å². The lowest BCUT2D eigenvalue weighted by Crippen LogP contribution is -2.33. The van der Waals surface area contributed by atoms with Crippen LogP contribution in [0.4, 0.5) is 11.5 Å². The Kier molecular flexibility index (Phi) is 6.04. The summed E-state index contributed by atoms with van der Waals surface area (Å²) in [5.41, 5.74) is 5.76. The van der Waals surface area contributed by atoms with E-state index in [1.807, 2.05) is 16.9 Å². The average Bonchev–Trinajstić information content (AvgIpc) is 3.55. The third-order valence-electron chi connectivity index (χ3n) is 6.93. The molecule has 0 N–H and O–H groups in total. The second-order valence-corrected chi connectivity index (χ2v) is 9.53. The Morgan fingerprint density at radius 3 is 2.33 bits per heavy atom. The Morgan fingerprint density at radius 1 is 0.939 bits per heavy atom. The number of pyridine rings is 1. The Bertz CT molecular complexity index is 1130. The van der Waals surface area contributed by atoms with Gasteiger partial charge in [0.05, 0.1) is 17.5 Å². The van der Waals surface area contributed by atoms with Gasteiger partial charge in [0, 0.05) is 61.8 Å². The Hall–Kier alpha value is -3.33. The van der Waals surface area contributed by atoms with Crippen LogP contribution in [0.1, 0.15) is 51.1 Å². The van der Waals surface area contributed by atoms with Crippen LogP contribution in [-0.2, 0) is 0 Å². The van der Waals surface area contributed by atoms with Crippen LogP contribution in [0, 0.1) is 17.2 Å². The highest BCUT2D eigenvalue weighted by molar-refractivity contribution is 5.69. The molecule has 2 saturated heterocycles. The van der Waals surface area contributed by atoms with Crippen LogP contribution >= 0.6 is 0 Å². The van der Waals surface area contributed by atoms with Gasteiger partial charge in [-0.1, -0.05) is 26.0 Å². The van der Waals surface area contributed by atoms with Crippen molar-refractivity contribution < 1.29 is 0 Å². The van der Waals surface area contributed by atoms with Crippen molar-refractivity contribution >= 4 is 11.5 Å². The van der Waals surface area contributed by atoms with E-state index in [9.17, 15) is 0 Å². The second kappa shape index (κ2) is 9.27. The van der Waals surface area contributed by atoms with E-state index in [1.165, 1.54) is 29.7 Å². The lowest BCUT2D eigenvalue weighted by molar-refractivity contribution is 0.488. The number of piperidine rings is 1. The van der Waals surface area contributed by atoms with Gasteiger partial charge in [-0.3, -0.25) is 0 Å². The van der Waals surface area contributed by atoms with Gasteiger partial charge in [0.15, 0.2) is 0 Å². The molecule has 0 atom stereocenters. The van der Waals surface area contributed by atoms with E-state index in [-0.39, 0.29) is 5.92 Å². The molecule has 5 rings (SSSR count). The summed E-state index contributed by atoms with van der Waals surface area (Å²) < 4.78 is 2.01. The first kappa shape index (κ1) is 21.5. The van der Waals surface area contributed by atoms with Crippen molar-refractivity contribution in [2.75, 3.05) is 36.0 Å². The minimum Gasteiger partial charge on any atom is -0.371 e. The molecular weight excluding hydrogens is 408 g/mol. The van der Waals surface area contributed by atoms with Gasteiger partial charge in [0.25, 0.3) is 0 Å². The normalized spacial score (nSPS) is 17.0. The van der Waals surface area contributed by atoms with E-state index < -0.39 is 0 Å². The number of rotatable bonds is 5. The van der Waals surface area contributed by atoms with Gasteiger partial charge in [0.1, 0.15) is 5.82 Å². The summed E-state index contributed by atoms with van der Waals surface area (Å²) in [5.74, 6) is 1.57. The number of hydrogen-bond acceptors (Lipinski definition) is 5. The molecule has 0 bridgehead atoms. The molecule has 170 valence electrons. The number of nitrogens with zero attached hydrogens (tertiary/aromatic N) is 6. The summed E-state index contributed by atoms with van der Waals surface area (Å²) in [6.07, 6.45) is 8.43. The van der Waals surface area contributed by atoms with E-state index in [2.05, 4.69) is 71.2 Å². The smallest absolute Gasteiger partial charge is 0.130 e. The fourth-order valence-corrected chi connectivity index (χ4v) is 4.96. The van der Waals surface area contributed by atoms with Crippen molar-refractivity contribution in [3.63, 3.8) is 0 Å². The zero-order valence-corrected chi connectivity index (χ0v) is 19.6. The van der Waals surface area contributed by atoms with Gasteiger partial charge >= 0.3 is 0 Å². The average molecular weight is 441 g/mol. The molecule has 3 aromatic rings. The predicted octanol–water partition coefficient (Wildman–Crippen LogP) is 5.40. The number of nitriles is 1. The van der Waals surface area contributed by atoms with Gasteiger partial charge < -0.3 is 9.80 Å². The first-order valence-corrected chi connectivity index (χ1v) is 12.2. The van der Waals surface area contributed by atoms with Crippen LogP contribution in [-0.4, -0.2) is 40.9 Å². The SMILES string of the molecule is CC(C)c1nn(-c2ccnc(N3CCCC3)c2)cc1-c1ccc(N2CCC(C#N)CC2)cc1. The number of benzene rings is 1. The third kappa shape index (κ3) is 4.45. The van der Waals surface area contributed by atoms with Crippen LogP contribution < -0.4 is 9.80 Å². The monoisotopic (exact) mass is 440 g/mol. The third-order valence-corrected chi connectivity index (χ3v) is 6.93. The molecule has 2 aliphatic heterocycles. The van der Waals surface area contributed by atoms with Gasteiger partial charge in [-0.2, -0.15) is 10.4 Å². The van der Waals surface area contributed by atoms with Crippen molar-refractivity contribution in [3.8, 4) is 22.9 Å². The highest BCUT2D eigenvalue weighted by Gasteiger charge is 2.20. The molecule has 2 fully saturated rings. The first-order chi connectivity index (χ1) is 16.1. The molecule has 6 heteroatoms. The molecule has 0 aliphatic carbocycles. The fraction of sp³-hybridized carbons (Fsp3) is 0.444. The molecule has 4 heterocycles. The van der Waals surface area contributed by atoms with Crippen LogP contribution in [0.25, 0.3) is 16.8 Å². The van der Waals surface area contributed by atoms with Crippen molar-refractivity contribution in [2.45, 2.75) is 45.4 Å². The van der Waals surface area contributed by atoms with Gasteiger partial charge in [-0.15, -0.1) is 0 Å². The van der Waals surface area contributed by atoms with E-state index >= 15 is 0 Å². The predicted molar refractivity (Wildman–Crippen MR) is 133 cm³/mol. The maximum Gasteiger partial charge on any atom is 0.130 e. The quantitative estimate of drug-likeness (QED) is 0.532. The summed E-state index contributed by atoms with van der Waals surface area (Å²) >= 11 is 0. The molecule has 2 aromatic heterocycles. The molecule has 0 spiro atoms. The van der Waals surface area contributed by atoms with Crippen molar-refractivity contribution in [1.82, 2.24) is 14.8 Å². The molecule has 33 heavy (non-hydrogen) atoms. The molecule has 0 saturated carbocycles. The van der Waals surface area contributed by atoms with Crippen LogP contribution in [0.5, 0.6) is 0 Å². The van der Waals surface area contributed by atoms with E-state index in [4.69, 9.17) is 10.4 Å². The molecular formula is C27H32N6. The highest BCUT2D eigenvalue weighted by Crippen LogP contribution is 2.32. The lowest BCUT2D eigenvalue weighted by atomic mass is 9.97. The number of aromatic nitrogens is 3. The topological polar surface area (TPSA) is 61.0 Å². The van der Waals surface area contributed by atoms with Gasteiger partial charge in [0.2, 0.25) is 0 Å². The summed E-state index contributed by atoms with van der Waals surface area (Å²) in [6.45, 7) is 8.47. The molecule has 2 aliphatic rings. The second-order valence-electron chi connectivity index (χ2n) is 9.53. The summed E-state index contributed by atoms with van der Waals surface area (Å²) in [6, 6.07) is 15.4. The zero-order valence-electron chi connectivity index (χ0n) is 19.6. The summed E-state index contributed by atoms with van der Waals surface area (Å²) in [5, 5.41) is 14.1. The maximum atomic E-state index is 9.15. The molecule has 6 nitrogen and oxygen atoms in total. The van der Waals surface area contributed by atoms with Crippen molar-refractivity contribution in [2.24, 2.45) is 5.92 Å². The van der Waals surface area contributed by atoms with Crippen LogP contribution in [0.3, 0.4) is 0 Å². The minimum absolute atomic E-state index is 0.208. The standard InChI is InChI=1S/C27H32N6/c1-20(2)27-25(22-5-7-23(8-6-22)31-15-10-21(18-28)11-16-31)19-33(30-27)24-9-12-29-26(17-24)32-13-3-4-14-32/h5-9,12,17,19-21H,3-4,10-11,13-16H2,1-2H3. The molecule has 0 radical (unpaired) electrons. The minimum atomic E-state index is 0.208. The summed E-state index contributed by atoms with van der Waals surface area (Å²) in [4.78, 5) is 9.34. The largest absolute Gasteiger partial charge is 0.371 e. The van der Waals surface area contributed by atoms with E-state index in [1.54, 1.807) is 0 Å². The van der Waals surface area contributed by atoms with Crippen molar-refractivity contribution in [3.05, 3.63) is 54.5 Å². The Labute approximate surface area is 196 Å². The fourth-order valence-electron chi connectivity index (χ4n) is 4.96. The molecule has 0 amide bonds. The Balaban J connectivity index is 1.41. The number of anilines is 2. The maximum absolute atomic E-state index is 9.15. The lowest BCUT2D eigenvalue weighted by Gasteiger charge is -2.31. The molecule has 1 aromatic carbocycles. The van der Waals surface area contributed by atoms with Crippen molar-refractivity contribution in [1.29, 1.82) is 5.26 Å². The van der Waals surface area contributed by atoms with Crippen LogP contribution in [0.15, 0.2) is 48.8 Å². The van der Waals surface area contributed by atoms with E-state index in [0.717, 1.165) is 56.2 Å². The summed E-state index contributed by atoms with van der Waals surface area (Å²) in [7, 11) is 0. The molecule has 0 unspecified atom stereocenters.